The molecule has 1 unspecified atom stereocenters. The van der Waals surface area contributed by atoms with Crippen LogP contribution in [0.1, 0.15) is 27.2 Å². The van der Waals surface area contributed by atoms with Crippen LogP contribution < -0.4 is 0 Å². The van der Waals surface area contributed by atoms with Gasteiger partial charge in [-0.25, -0.2) is 14.6 Å². The van der Waals surface area contributed by atoms with Gasteiger partial charge in [0.1, 0.15) is 23.8 Å². The number of morpholine rings is 1. The predicted molar refractivity (Wildman–Crippen MR) is 77.5 cm³/mol. The van der Waals surface area contributed by atoms with E-state index < -0.39 is 18.8 Å². The fourth-order valence-electron chi connectivity index (χ4n) is 2.42. The number of ether oxygens (including phenoxy) is 1. The number of hydrogen-bond acceptors (Lipinski definition) is 6. The summed E-state index contributed by atoms with van der Waals surface area (Å²) in [6.45, 7) is 1.31. The molecule has 1 fully saturated rings. The van der Waals surface area contributed by atoms with Crippen molar-refractivity contribution in [1.29, 1.82) is 0 Å². The fraction of sp³-hybridized carbons (Fsp3) is 0.538. The number of rotatable bonds is 3. The standard InChI is InChI=1S/C13H14F3N5O2S/c1-8-10(24-7-18-8)12(22)21-2-3-23-4-9(21)11-17-6-20(19-11)5-13(14,15)16/h6-7,9H,2-5H2,1H3. The Hall–Kier alpha value is -2.01. The highest BCUT2D eigenvalue weighted by molar-refractivity contribution is 7.11. The van der Waals surface area contributed by atoms with Crippen molar-refractivity contribution in [2.75, 3.05) is 19.8 Å². The number of thiazole rings is 1. The molecule has 130 valence electrons. The number of alkyl halides is 3. The Kier molecular flexibility index (Phi) is 4.54. The lowest BCUT2D eigenvalue weighted by Crippen LogP contribution is -2.43. The minimum atomic E-state index is -4.39. The maximum absolute atomic E-state index is 12.7. The van der Waals surface area contributed by atoms with Gasteiger partial charge in [-0.15, -0.1) is 11.3 Å². The van der Waals surface area contributed by atoms with Gasteiger partial charge >= 0.3 is 6.18 Å². The Morgan fingerprint density at radius 3 is 2.92 bits per heavy atom. The van der Waals surface area contributed by atoms with E-state index in [0.717, 1.165) is 6.33 Å². The molecular weight excluding hydrogens is 347 g/mol. The molecule has 0 aromatic carbocycles. The average Bonchev–Trinajstić information content (AvgIpc) is 3.14. The van der Waals surface area contributed by atoms with Gasteiger partial charge in [-0.05, 0) is 6.92 Å². The molecule has 1 atom stereocenters. The van der Waals surface area contributed by atoms with Gasteiger partial charge in [-0.2, -0.15) is 18.3 Å². The smallest absolute Gasteiger partial charge is 0.377 e. The maximum Gasteiger partial charge on any atom is 0.408 e. The maximum atomic E-state index is 12.7. The molecule has 0 radical (unpaired) electrons. The third kappa shape index (κ3) is 3.56. The van der Waals surface area contributed by atoms with Gasteiger partial charge in [-0.3, -0.25) is 4.79 Å². The van der Waals surface area contributed by atoms with E-state index in [1.165, 1.54) is 16.2 Å². The normalized spacial score (nSPS) is 18.8. The van der Waals surface area contributed by atoms with Crippen LogP contribution >= 0.6 is 11.3 Å². The molecule has 0 bridgehead atoms. The first-order valence-corrected chi connectivity index (χ1v) is 7.98. The van der Waals surface area contributed by atoms with Gasteiger partial charge in [0, 0.05) is 6.54 Å². The topological polar surface area (TPSA) is 73.1 Å². The summed E-state index contributed by atoms with van der Waals surface area (Å²) in [5.41, 5.74) is 2.19. The lowest BCUT2D eigenvalue weighted by molar-refractivity contribution is -0.142. The summed E-state index contributed by atoms with van der Waals surface area (Å²) in [5, 5.41) is 3.86. The second-order valence-corrected chi connectivity index (χ2v) is 6.13. The van der Waals surface area contributed by atoms with E-state index in [1.807, 2.05) is 0 Å². The number of amides is 1. The highest BCUT2D eigenvalue weighted by Crippen LogP contribution is 2.26. The zero-order chi connectivity index (χ0) is 17.3. The van der Waals surface area contributed by atoms with E-state index in [1.54, 1.807) is 12.4 Å². The third-order valence-corrected chi connectivity index (χ3v) is 4.44. The molecule has 1 saturated heterocycles. The number of hydrogen-bond donors (Lipinski definition) is 0. The number of nitrogens with zero attached hydrogens (tertiary/aromatic N) is 5. The van der Waals surface area contributed by atoms with E-state index in [2.05, 4.69) is 15.1 Å². The SMILES string of the molecule is Cc1ncsc1C(=O)N1CCOCC1c1ncn(CC(F)(F)F)n1. The molecule has 0 saturated carbocycles. The van der Waals surface area contributed by atoms with Crippen molar-refractivity contribution in [3.8, 4) is 0 Å². The number of aryl methyl sites for hydroxylation is 1. The summed E-state index contributed by atoms with van der Waals surface area (Å²) in [6, 6.07) is -0.623. The summed E-state index contributed by atoms with van der Waals surface area (Å²) >= 11 is 1.22. The van der Waals surface area contributed by atoms with Crippen LogP contribution in [0.15, 0.2) is 11.8 Å². The quantitative estimate of drug-likeness (QED) is 0.834. The van der Waals surface area contributed by atoms with Crippen LogP contribution in [0.5, 0.6) is 0 Å². The van der Waals surface area contributed by atoms with Crippen molar-refractivity contribution in [2.24, 2.45) is 0 Å². The predicted octanol–water partition coefficient (Wildman–Crippen LogP) is 1.82. The average molecular weight is 361 g/mol. The Labute approximate surface area is 139 Å². The minimum absolute atomic E-state index is 0.134. The van der Waals surface area contributed by atoms with Gasteiger partial charge in [-0.1, -0.05) is 0 Å². The van der Waals surface area contributed by atoms with Crippen molar-refractivity contribution in [3.63, 3.8) is 0 Å². The van der Waals surface area contributed by atoms with Crippen LogP contribution in [-0.2, 0) is 11.3 Å². The van der Waals surface area contributed by atoms with Crippen LogP contribution in [0.2, 0.25) is 0 Å². The molecule has 1 amide bonds. The first kappa shape index (κ1) is 16.8. The Bertz CT molecular complexity index is 729. The zero-order valence-electron chi connectivity index (χ0n) is 12.7. The summed E-state index contributed by atoms with van der Waals surface area (Å²) < 4.78 is 43.4. The van der Waals surface area contributed by atoms with Crippen LogP contribution in [0.3, 0.4) is 0 Å². The van der Waals surface area contributed by atoms with E-state index in [-0.39, 0.29) is 18.3 Å². The molecule has 0 N–H and O–H groups in total. The molecule has 7 nitrogen and oxygen atoms in total. The summed E-state index contributed by atoms with van der Waals surface area (Å²) in [5.74, 6) is -0.107. The number of aromatic nitrogens is 4. The van der Waals surface area contributed by atoms with Gasteiger partial charge in [0.2, 0.25) is 0 Å². The van der Waals surface area contributed by atoms with Gasteiger partial charge in [0.15, 0.2) is 5.82 Å². The number of carbonyl (C=O) groups is 1. The van der Waals surface area contributed by atoms with Crippen molar-refractivity contribution in [2.45, 2.75) is 25.7 Å². The molecule has 3 heterocycles. The van der Waals surface area contributed by atoms with E-state index in [4.69, 9.17) is 4.74 Å². The largest absolute Gasteiger partial charge is 0.408 e. The van der Waals surface area contributed by atoms with Crippen molar-refractivity contribution < 1.29 is 22.7 Å². The molecule has 0 spiro atoms. The summed E-state index contributed by atoms with van der Waals surface area (Å²) in [6.07, 6.45) is -3.37. The van der Waals surface area contributed by atoms with E-state index in [0.29, 0.717) is 28.4 Å². The van der Waals surface area contributed by atoms with Crippen LogP contribution in [-0.4, -0.2) is 56.5 Å². The molecule has 0 aliphatic carbocycles. The number of halogens is 3. The fourth-order valence-corrected chi connectivity index (χ4v) is 3.18. The van der Waals surface area contributed by atoms with Crippen LogP contribution in [0.25, 0.3) is 0 Å². The molecule has 2 aromatic heterocycles. The zero-order valence-corrected chi connectivity index (χ0v) is 13.5. The van der Waals surface area contributed by atoms with Gasteiger partial charge in [0.25, 0.3) is 5.91 Å². The van der Waals surface area contributed by atoms with Crippen LogP contribution in [0.4, 0.5) is 13.2 Å². The van der Waals surface area contributed by atoms with E-state index in [9.17, 15) is 18.0 Å². The van der Waals surface area contributed by atoms with E-state index >= 15 is 0 Å². The number of carbonyl (C=O) groups excluding carboxylic acids is 1. The summed E-state index contributed by atoms with van der Waals surface area (Å²) in [7, 11) is 0. The molecule has 24 heavy (non-hydrogen) atoms. The van der Waals surface area contributed by atoms with Crippen molar-refractivity contribution >= 4 is 17.2 Å². The molecule has 1 aliphatic heterocycles. The summed E-state index contributed by atoms with van der Waals surface area (Å²) in [4.78, 5) is 22.7. The Balaban J connectivity index is 1.82. The molecular formula is C13H14F3N5O2S. The lowest BCUT2D eigenvalue weighted by atomic mass is 10.2. The molecule has 1 aliphatic rings. The molecule has 3 rings (SSSR count). The highest BCUT2D eigenvalue weighted by atomic mass is 32.1. The monoisotopic (exact) mass is 361 g/mol. The van der Waals surface area contributed by atoms with Gasteiger partial charge < -0.3 is 9.64 Å². The molecule has 2 aromatic rings. The minimum Gasteiger partial charge on any atom is -0.377 e. The second-order valence-electron chi connectivity index (χ2n) is 5.27. The third-order valence-electron chi connectivity index (χ3n) is 3.52. The molecule has 11 heteroatoms. The highest BCUT2D eigenvalue weighted by Gasteiger charge is 2.34. The Morgan fingerprint density at radius 2 is 2.25 bits per heavy atom. The first-order chi connectivity index (χ1) is 11.3. The van der Waals surface area contributed by atoms with Crippen molar-refractivity contribution in [1.82, 2.24) is 24.6 Å². The van der Waals surface area contributed by atoms with Gasteiger partial charge in [0.05, 0.1) is 24.4 Å². The first-order valence-electron chi connectivity index (χ1n) is 7.10. The Morgan fingerprint density at radius 1 is 1.46 bits per heavy atom. The lowest BCUT2D eigenvalue weighted by Gasteiger charge is -2.33. The van der Waals surface area contributed by atoms with Crippen molar-refractivity contribution in [3.05, 3.63) is 28.2 Å². The second kappa shape index (κ2) is 6.48. The van der Waals surface area contributed by atoms with Crippen LogP contribution in [0, 0.1) is 6.92 Å².